The number of hydrogen-bond donors (Lipinski definition) is 1. The molecule has 0 aliphatic carbocycles. The monoisotopic (exact) mass is 279 g/mol. The van der Waals surface area contributed by atoms with Crippen molar-refractivity contribution in [1.29, 1.82) is 0 Å². The van der Waals surface area contributed by atoms with Crippen LogP contribution in [0.2, 0.25) is 0 Å². The van der Waals surface area contributed by atoms with Crippen molar-refractivity contribution in [2.75, 3.05) is 0 Å². The molecule has 0 spiro atoms. The number of ether oxygens (including phenoxy) is 1. The van der Waals surface area contributed by atoms with Crippen LogP contribution in [0.1, 0.15) is 38.6 Å². The van der Waals surface area contributed by atoms with Crippen molar-refractivity contribution in [3.8, 4) is 5.75 Å². The third kappa shape index (κ3) is 2.71. The maximum absolute atomic E-state index is 11.1. The Balaban J connectivity index is 2.46. The molecule has 0 amide bonds. The van der Waals surface area contributed by atoms with E-state index in [4.69, 9.17) is 9.84 Å². The number of aromatic nitrogens is 1. The van der Waals surface area contributed by atoms with Crippen molar-refractivity contribution in [3.63, 3.8) is 0 Å². The van der Waals surface area contributed by atoms with Gasteiger partial charge in [-0.3, -0.25) is 0 Å². The molecule has 0 radical (unpaired) electrons. The second-order valence-corrected chi connectivity index (χ2v) is 6.29. The van der Waals surface area contributed by atoms with E-state index in [0.29, 0.717) is 11.7 Å². The molecule has 19 heavy (non-hydrogen) atoms. The van der Waals surface area contributed by atoms with Crippen LogP contribution in [0.4, 0.5) is 0 Å². The van der Waals surface area contributed by atoms with Gasteiger partial charge in [0.05, 0.1) is 9.71 Å². The average molecular weight is 279 g/mol. The Morgan fingerprint density at radius 2 is 2.11 bits per heavy atom. The summed E-state index contributed by atoms with van der Waals surface area (Å²) >= 11 is 1.62. The van der Waals surface area contributed by atoms with E-state index in [0.717, 1.165) is 15.2 Å². The van der Waals surface area contributed by atoms with Gasteiger partial charge in [0, 0.05) is 5.92 Å². The molecule has 0 atom stereocenters. The number of carboxylic acids is 1. The molecule has 2 aromatic rings. The van der Waals surface area contributed by atoms with E-state index in [1.807, 2.05) is 12.1 Å². The molecule has 2 rings (SSSR count). The molecular formula is C14H17NO3S. The van der Waals surface area contributed by atoms with E-state index in [1.54, 1.807) is 17.4 Å². The zero-order valence-corrected chi connectivity index (χ0v) is 12.2. The highest BCUT2D eigenvalue weighted by Gasteiger charge is 2.30. The summed E-state index contributed by atoms with van der Waals surface area (Å²) in [6.07, 6.45) is 0. The lowest BCUT2D eigenvalue weighted by molar-refractivity contribution is -0.152. The highest BCUT2D eigenvalue weighted by Crippen LogP contribution is 2.34. The predicted molar refractivity (Wildman–Crippen MR) is 76.1 cm³/mol. The molecular weight excluding hydrogens is 262 g/mol. The van der Waals surface area contributed by atoms with Gasteiger partial charge in [-0.15, -0.1) is 11.3 Å². The number of carboxylic acid groups (broad SMARTS) is 1. The predicted octanol–water partition coefficient (Wildman–Crippen LogP) is 3.66. The summed E-state index contributed by atoms with van der Waals surface area (Å²) in [5.41, 5.74) is -0.527. The Kier molecular flexibility index (Phi) is 3.49. The third-order valence-electron chi connectivity index (χ3n) is 2.77. The summed E-state index contributed by atoms with van der Waals surface area (Å²) in [7, 11) is 0. The lowest BCUT2D eigenvalue weighted by atomic mass is 10.1. The number of benzene rings is 1. The standard InChI is InChI=1S/C14H17NO3S/c1-8(2)12-15-11-9(6-5-7-10(11)19-12)18-14(3,4)13(16)17/h5-8H,1-4H3,(H,16,17). The lowest BCUT2D eigenvalue weighted by Gasteiger charge is -2.21. The first kappa shape index (κ1) is 13.8. The van der Waals surface area contributed by atoms with Gasteiger partial charge in [-0.2, -0.15) is 0 Å². The minimum Gasteiger partial charge on any atom is -0.478 e. The summed E-state index contributed by atoms with van der Waals surface area (Å²) < 4.78 is 6.63. The Bertz CT molecular complexity index is 616. The van der Waals surface area contributed by atoms with Crippen LogP contribution < -0.4 is 4.74 Å². The van der Waals surface area contributed by atoms with Crippen molar-refractivity contribution in [2.24, 2.45) is 0 Å². The minimum atomic E-state index is -1.27. The van der Waals surface area contributed by atoms with Crippen molar-refractivity contribution in [3.05, 3.63) is 23.2 Å². The fraction of sp³-hybridized carbons (Fsp3) is 0.429. The number of nitrogens with zero attached hydrogens (tertiary/aromatic N) is 1. The smallest absolute Gasteiger partial charge is 0.347 e. The van der Waals surface area contributed by atoms with Gasteiger partial charge in [-0.1, -0.05) is 19.9 Å². The van der Waals surface area contributed by atoms with E-state index >= 15 is 0 Å². The highest BCUT2D eigenvalue weighted by molar-refractivity contribution is 7.18. The molecule has 0 bridgehead atoms. The first-order valence-corrected chi connectivity index (χ1v) is 6.95. The molecule has 0 saturated heterocycles. The van der Waals surface area contributed by atoms with Gasteiger partial charge in [-0.25, -0.2) is 9.78 Å². The molecule has 1 aromatic carbocycles. The molecule has 1 heterocycles. The fourth-order valence-electron chi connectivity index (χ4n) is 1.59. The van der Waals surface area contributed by atoms with Crippen LogP contribution in [0.15, 0.2) is 18.2 Å². The second-order valence-electron chi connectivity index (χ2n) is 5.23. The van der Waals surface area contributed by atoms with E-state index in [2.05, 4.69) is 18.8 Å². The van der Waals surface area contributed by atoms with Gasteiger partial charge in [-0.05, 0) is 26.0 Å². The number of aliphatic carboxylic acids is 1. The van der Waals surface area contributed by atoms with Crippen LogP contribution in [0.25, 0.3) is 10.2 Å². The van der Waals surface area contributed by atoms with Crippen molar-refractivity contribution in [2.45, 2.75) is 39.2 Å². The quantitative estimate of drug-likeness (QED) is 0.927. The summed E-state index contributed by atoms with van der Waals surface area (Å²) in [5.74, 6) is -0.130. The first-order valence-electron chi connectivity index (χ1n) is 6.13. The van der Waals surface area contributed by atoms with Gasteiger partial charge in [0.25, 0.3) is 0 Å². The summed E-state index contributed by atoms with van der Waals surface area (Å²) in [5, 5.41) is 10.2. The zero-order valence-electron chi connectivity index (χ0n) is 11.4. The number of carbonyl (C=O) groups is 1. The molecule has 0 saturated carbocycles. The molecule has 1 N–H and O–H groups in total. The second kappa shape index (κ2) is 4.81. The fourth-order valence-corrected chi connectivity index (χ4v) is 2.58. The topological polar surface area (TPSA) is 59.4 Å². The third-order valence-corrected chi connectivity index (χ3v) is 4.09. The minimum absolute atomic E-state index is 0.345. The van der Waals surface area contributed by atoms with Gasteiger partial charge in [0.1, 0.15) is 11.3 Å². The number of hydrogen-bond acceptors (Lipinski definition) is 4. The molecule has 102 valence electrons. The van der Waals surface area contributed by atoms with Crippen LogP contribution >= 0.6 is 11.3 Å². The van der Waals surface area contributed by atoms with E-state index < -0.39 is 11.6 Å². The van der Waals surface area contributed by atoms with Crippen molar-refractivity contribution < 1.29 is 14.6 Å². The van der Waals surface area contributed by atoms with Gasteiger partial charge in [0.2, 0.25) is 0 Å². The zero-order chi connectivity index (χ0) is 14.2. The van der Waals surface area contributed by atoms with Crippen molar-refractivity contribution in [1.82, 2.24) is 4.98 Å². The number of rotatable bonds is 4. The molecule has 4 nitrogen and oxygen atoms in total. The van der Waals surface area contributed by atoms with Gasteiger partial charge >= 0.3 is 5.97 Å². The van der Waals surface area contributed by atoms with E-state index in [9.17, 15) is 4.79 Å². The molecule has 5 heteroatoms. The van der Waals surface area contributed by atoms with Crippen LogP contribution in [0, 0.1) is 0 Å². The Morgan fingerprint density at radius 3 is 2.68 bits per heavy atom. The number of fused-ring (bicyclic) bond motifs is 1. The number of thiazole rings is 1. The average Bonchev–Trinajstić information content (AvgIpc) is 2.73. The molecule has 0 aliphatic rings. The summed E-state index contributed by atoms with van der Waals surface area (Å²) in [6.45, 7) is 7.23. The van der Waals surface area contributed by atoms with Crippen LogP contribution in [-0.4, -0.2) is 21.7 Å². The summed E-state index contributed by atoms with van der Waals surface area (Å²) in [6, 6.07) is 5.59. The Hall–Kier alpha value is -1.62. The normalized spacial score (nSPS) is 12.1. The van der Waals surface area contributed by atoms with Crippen LogP contribution in [0.5, 0.6) is 5.75 Å². The highest BCUT2D eigenvalue weighted by atomic mass is 32.1. The van der Waals surface area contributed by atoms with E-state index in [-0.39, 0.29) is 0 Å². The first-order chi connectivity index (χ1) is 8.81. The SMILES string of the molecule is CC(C)c1nc2c(OC(C)(C)C(=O)O)cccc2s1. The van der Waals surface area contributed by atoms with Gasteiger partial charge < -0.3 is 9.84 Å². The molecule has 0 unspecified atom stereocenters. The molecule has 0 fully saturated rings. The largest absolute Gasteiger partial charge is 0.478 e. The van der Waals surface area contributed by atoms with E-state index in [1.165, 1.54) is 13.8 Å². The van der Waals surface area contributed by atoms with Crippen LogP contribution in [-0.2, 0) is 4.79 Å². The van der Waals surface area contributed by atoms with Gasteiger partial charge in [0.15, 0.2) is 5.60 Å². The maximum Gasteiger partial charge on any atom is 0.347 e. The Morgan fingerprint density at radius 1 is 1.42 bits per heavy atom. The number of para-hydroxylation sites is 1. The maximum atomic E-state index is 11.1. The lowest BCUT2D eigenvalue weighted by Crippen LogP contribution is -2.37. The molecule has 0 aliphatic heterocycles. The Labute approximate surface area is 116 Å². The summed E-state index contributed by atoms with van der Waals surface area (Å²) in [4.78, 5) is 15.7. The molecule has 1 aromatic heterocycles. The van der Waals surface area contributed by atoms with Crippen molar-refractivity contribution >= 4 is 27.5 Å². The van der Waals surface area contributed by atoms with Crippen LogP contribution in [0.3, 0.4) is 0 Å².